The predicted molar refractivity (Wildman–Crippen MR) is 195 cm³/mol. The van der Waals surface area contributed by atoms with Crippen molar-refractivity contribution in [3.63, 3.8) is 0 Å². The van der Waals surface area contributed by atoms with E-state index in [1.807, 2.05) is 72.3 Å². The van der Waals surface area contributed by atoms with Crippen LogP contribution in [-0.4, -0.2) is 96.4 Å². The summed E-state index contributed by atoms with van der Waals surface area (Å²) < 4.78 is 5.42. The molecule has 12 nitrogen and oxygen atoms in total. The number of benzene rings is 2. The summed E-state index contributed by atoms with van der Waals surface area (Å²) >= 11 is 0. The Morgan fingerprint density at radius 1 is 0.882 bits per heavy atom. The first-order valence-electron chi connectivity index (χ1n) is 18.0. The molecule has 5 amide bonds. The highest BCUT2D eigenvalue weighted by atomic mass is 16.5. The SMILES string of the molecule is CCC1(C(=O)N(CC(=O)Nc2ccc3c(c2)C[C@H](C(=O)Nc2ccccn2)C3)Cc2ccccc2CNC)CCN(C(=O)N2CCOCC2)CC1. The Labute approximate surface area is 299 Å². The lowest BCUT2D eigenvalue weighted by atomic mass is 9.74. The number of aromatic nitrogens is 1. The summed E-state index contributed by atoms with van der Waals surface area (Å²) in [5.41, 5.74) is 4.09. The number of likely N-dealkylation sites (tertiary alicyclic amines) is 1. The van der Waals surface area contributed by atoms with Gasteiger partial charge in [0.15, 0.2) is 0 Å². The van der Waals surface area contributed by atoms with Crippen LogP contribution in [0.15, 0.2) is 66.9 Å². The van der Waals surface area contributed by atoms with Crippen molar-refractivity contribution in [2.24, 2.45) is 11.3 Å². The van der Waals surface area contributed by atoms with E-state index in [1.165, 1.54) is 0 Å². The first kappa shape index (κ1) is 36.0. The van der Waals surface area contributed by atoms with Crippen molar-refractivity contribution in [1.82, 2.24) is 25.0 Å². The molecule has 3 aromatic rings. The molecule has 270 valence electrons. The molecule has 6 rings (SSSR count). The Balaban J connectivity index is 1.14. The fourth-order valence-electron chi connectivity index (χ4n) is 7.53. The molecule has 1 aromatic heterocycles. The van der Waals surface area contributed by atoms with E-state index in [0.717, 1.165) is 22.3 Å². The molecule has 2 saturated heterocycles. The van der Waals surface area contributed by atoms with Gasteiger partial charge in [0.2, 0.25) is 17.7 Å². The number of rotatable bonds is 11. The lowest BCUT2D eigenvalue weighted by Crippen LogP contribution is -2.55. The highest BCUT2D eigenvalue weighted by Crippen LogP contribution is 2.38. The third-order valence-corrected chi connectivity index (χ3v) is 10.6. The van der Waals surface area contributed by atoms with Gasteiger partial charge in [0.25, 0.3) is 0 Å². The van der Waals surface area contributed by atoms with Crippen LogP contribution in [0, 0.1) is 11.3 Å². The molecule has 3 aliphatic rings. The number of hydrogen-bond acceptors (Lipinski definition) is 7. The molecule has 51 heavy (non-hydrogen) atoms. The van der Waals surface area contributed by atoms with E-state index in [-0.39, 0.29) is 36.2 Å². The minimum absolute atomic E-state index is 0.00202. The molecular formula is C39H49N7O5. The van der Waals surface area contributed by atoms with Crippen molar-refractivity contribution >= 4 is 35.3 Å². The molecule has 1 atom stereocenters. The molecule has 0 radical (unpaired) electrons. The zero-order valence-corrected chi connectivity index (χ0v) is 29.7. The molecule has 0 saturated carbocycles. The van der Waals surface area contributed by atoms with Gasteiger partial charge in [0, 0.05) is 57.1 Å². The summed E-state index contributed by atoms with van der Waals surface area (Å²) in [4.78, 5) is 64.1. The fourth-order valence-corrected chi connectivity index (χ4v) is 7.53. The first-order valence-corrected chi connectivity index (χ1v) is 18.0. The third-order valence-electron chi connectivity index (χ3n) is 10.6. The summed E-state index contributed by atoms with van der Waals surface area (Å²) in [6.45, 7) is 6.05. The number of nitrogens with zero attached hydrogens (tertiary/aromatic N) is 4. The van der Waals surface area contributed by atoms with Gasteiger partial charge in [0.1, 0.15) is 12.4 Å². The summed E-state index contributed by atoms with van der Waals surface area (Å²) in [5.74, 6) is -0.128. The standard InChI is InChI=1S/C39H49N7O5/c1-3-39(13-16-44(17-14-39)38(50)45-18-20-51-21-19-45)37(49)46(26-30-9-5-4-8-29(30)25-40-2)27-35(47)42-33-12-11-28-22-32(23-31(28)24-33)36(48)43-34-10-6-7-15-41-34/h4-12,15,24,32,40H,3,13-14,16-23,25-27H2,1-2H3,(H,42,47)(H,41,43,48)/t32-/m1/s1. The third kappa shape index (κ3) is 8.57. The molecule has 12 heteroatoms. The summed E-state index contributed by atoms with van der Waals surface area (Å²) in [6, 6.07) is 19.1. The van der Waals surface area contributed by atoms with Crippen molar-refractivity contribution in [2.45, 2.75) is 52.1 Å². The maximum atomic E-state index is 14.6. The highest BCUT2D eigenvalue weighted by molar-refractivity contribution is 5.96. The van der Waals surface area contributed by atoms with Crippen molar-refractivity contribution < 1.29 is 23.9 Å². The van der Waals surface area contributed by atoms with E-state index in [4.69, 9.17) is 4.74 Å². The van der Waals surface area contributed by atoms with E-state index in [9.17, 15) is 19.2 Å². The topological polar surface area (TPSA) is 136 Å². The monoisotopic (exact) mass is 695 g/mol. The second-order valence-electron chi connectivity index (χ2n) is 13.8. The number of ether oxygens (including phenoxy) is 1. The predicted octanol–water partition coefficient (Wildman–Crippen LogP) is 4.07. The zero-order valence-electron chi connectivity index (χ0n) is 29.7. The average molecular weight is 696 g/mol. The number of morpholine rings is 1. The lowest BCUT2D eigenvalue weighted by molar-refractivity contribution is -0.147. The normalized spacial score (nSPS) is 18.1. The van der Waals surface area contributed by atoms with Crippen LogP contribution in [0.2, 0.25) is 0 Å². The number of piperidine rings is 1. The summed E-state index contributed by atoms with van der Waals surface area (Å²) in [5, 5.41) is 9.14. The molecule has 2 aliphatic heterocycles. The number of fused-ring (bicyclic) bond motifs is 1. The minimum Gasteiger partial charge on any atom is -0.378 e. The van der Waals surface area contributed by atoms with Gasteiger partial charge in [-0.2, -0.15) is 0 Å². The van der Waals surface area contributed by atoms with Crippen LogP contribution in [0.4, 0.5) is 16.3 Å². The van der Waals surface area contributed by atoms with Crippen LogP contribution in [0.25, 0.3) is 0 Å². The molecule has 1 aliphatic carbocycles. The molecular weight excluding hydrogens is 646 g/mol. The number of nitrogens with one attached hydrogen (secondary N) is 3. The smallest absolute Gasteiger partial charge is 0.320 e. The Morgan fingerprint density at radius 2 is 1.59 bits per heavy atom. The van der Waals surface area contributed by atoms with Crippen LogP contribution in [-0.2, 0) is 45.1 Å². The minimum atomic E-state index is -0.682. The van der Waals surface area contributed by atoms with Gasteiger partial charge in [-0.05, 0) is 85.7 Å². The number of carbonyl (C=O) groups excluding carboxylic acids is 4. The van der Waals surface area contributed by atoms with Gasteiger partial charge in [-0.3, -0.25) is 14.4 Å². The average Bonchev–Trinajstić information content (AvgIpc) is 3.59. The molecule has 0 spiro atoms. The molecule has 0 bridgehead atoms. The van der Waals surface area contributed by atoms with Gasteiger partial charge in [-0.25, -0.2) is 9.78 Å². The fraction of sp³-hybridized carbons (Fsp3) is 0.462. The van der Waals surface area contributed by atoms with Gasteiger partial charge >= 0.3 is 6.03 Å². The number of pyridine rings is 1. The largest absolute Gasteiger partial charge is 0.378 e. The van der Waals surface area contributed by atoms with Gasteiger partial charge in [-0.1, -0.05) is 43.3 Å². The van der Waals surface area contributed by atoms with E-state index in [0.29, 0.717) is 96.1 Å². The second kappa shape index (κ2) is 16.5. The number of carbonyl (C=O) groups is 4. The van der Waals surface area contributed by atoms with Crippen LogP contribution >= 0.6 is 0 Å². The molecule has 2 aromatic carbocycles. The van der Waals surface area contributed by atoms with E-state index < -0.39 is 5.41 Å². The van der Waals surface area contributed by atoms with E-state index in [1.54, 1.807) is 23.2 Å². The van der Waals surface area contributed by atoms with Gasteiger partial charge < -0.3 is 35.4 Å². The maximum Gasteiger partial charge on any atom is 0.320 e. The highest BCUT2D eigenvalue weighted by Gasteiger charge is 2.44. The number of anilines is 2. The Kier molecular flexibility index (Phi) is 11.6. The van der Waals surface area contributed by atoms with Crippen molar-refractivity contribution in [3.05, 3.63) is 89.1 Å². The first-order chi connectivity index (χ1) is 24.8. The van der Waals surface area contributed by atoms with Gasteiger partial charge in [0.05, 0.1) is 18.6 Å². The molecule has 3 N–H and O–H groups in total. The lowest BCUT2D eigenvalue weighted by Gasteiger charge is -2.44. The van der Waals surface area contributed by atoms with Crippen LogP contribution in [0.1, 0.15) is 48.4 Å². The van der Waals surface area contributed by atoms with Crippen LogP contribution in [0.5, 0.6) is 0 Å². The van der Waals surface area contributed by atoms with E-state index in [2.05, 4.69) is 20.9 Å². The Hall–Kier alpha value is -4.81. The summed E-state index contributed by atoms with van der Waals surface area (Å²) in [6.07, 6.45) is 4.51. The number of amides is 5. The zero-order chi connectivity index (χ0) is 35.8. The van der Waals surface area contributed by atoms with Crippen LogP contribution in [0.3, 0.4) is 0 Å². The van der Waals surface area contributed by atoms with Gasteiger partial charge in [-0.15, -0.1) is 0 Å². The van der Waals surface area contributed by atoms with E-state index >= 15 is 0 Å². The Morgan fingerprint density at radius 3 is 2.29 bits per heavy atom. The molecule has 0 unspecified atom stereocenters. The quantitative estimate of drug-likeness (QED) is 0.275. The second-order valence-corrected chi connectivity index (χ2v) is 13.8. The van der Waals surface area contributed by atoms with Crippen molar-refractivity contribution in [2.75, 3.05) is 63.6 Å². The summed E-state index contributed by atoms with van der Waals surface area (Å²) in [7, 11) is 1.89. The Bertz CT molecular complexity index is 1700. The number of urea groups is 1. The molecule has 2 fully saturated rings. The maximum absolute atomic E-state index is 14.6. The molecule has 3 heterocycles. The van der Waals surface area contributed by atoms with Crippen molar-refractivity contribution in [3.8, 4) is 0 Å². The van der Waals surface area contributed by atoms with Crippen molar-refractivity contribution in [1.29, 1.82) is 0 Å². The van der Waals surface area contributed by atoms with Crippen LogP contribution < -0.4 is 16.0 Å². The number of hydrogen-bond donors (Lipinski definition) is 3.